The van der Waals surface area contributed by atoms with Crippen LogP contribution in [0.4, 0.5) is 5.95 Å². The lowest BCUT2D eigenvalue weighted by Crippen LogP contribution is -2.38. The lowest BCUT2D eigenvalue weighted by atomic mass is 9.84. The van der Waals surface area contributed by atoms with Crippen LogP contribution in [-0.2, 0) is 9.53 Å². The zero-order chi connectivity index (χ0) is 18.6. The van der Waals surface area contributed by atoms with E-state index < -0.39 is 0 Å². The quantitative estimate of drug-likeness (QED) is 0.694. The molecule has 2 atom stereocenters. The number of aromatic nitrogens is 5. The van der Waals surface area contributed by atoms with Crippen molar-refractivity contribution in [1.82, 2.24) is 25.0 Å². The summed E-state index contributed by atoms with van der Waals surface area (Å²) in [5.41, 5.74) is 1.68. The minimum Gasteiger partial charge on any atom is -0.466 e. The molecule has 0 bridgehead atoms. The summed E-state index contributed by atoms with van der Waals surface area (Å²) in [7, 11) is 0. The number of benzene rings is 1. The van der Waals surface area contributed by atoms with Gasteiger partial charge in [-0.1, -0.05) is 30.2 Å². The Hall–Kier alpha value is -3.03. The van der Waals surface area contributed by atoms with Crippen molar-refractivity contribution < 1.29 is 9.53 Å². The standard InChI is InChI=1S/C19H22N6O2/c1-2-27-18(26)13-7-3-4-8-14(13)21-19-20-12-11-17(22-19)25-16-10-6-5-9-15(16)23-24-25/h5-6,9-14H,2-4,7-8H2,1H3,(H,20,21,22)/t13-,14+/m1/s1. The lowest BCUT2D eigenvalue weighted by molar-refractivity contribution is -0.149. The van der Waals surface area contributed by atoms with Crippen molar-refractivity contribution in [3.63, 3.8) is 0 Å². The van der Waals surface area contributed by atoms with E-state index in [4.69, 9.17) is 4.74 Å². The molecule has 4 rings (SSSR count). The number of fused-ring (bicyclic) bond motifs is 1. The lowest BCUT2D eigenvalue weighted by Gasteiger charge is -2.30. The second kappa shape index (κ2) is 7.69. The molecule has 1 aromatic carbocycles. The molecule has 0 saturated heterocycles. The Bertz CT molecular complexity index is 941. The number of rotatable bonds is 5. The molecular weight excluding hydrogens is 344 g/mol. The molecule has 3 aromatic rings. The molecule has 0 spiro atoms. The Morgan fingerprint density at radius 3 is 3.00 bits per heavy atom. The van der Waals surface area contributed by atoms with E-state index in [9.17, 15) is 4.79 Å². The maximum Gasteiger partial charge on any atom is 0.311 e. The Balaban J connectivity index is 1.58. The van der Waals surface area contributed by atoms with Crippen molar-refractivity contribution in [3.05, 3.63) is 36.5 Å². The summed E-state index contributed by atoms with van der Waals surface area (Å²) in [4.78, 5) is 21.2. The Morgan fingerprint density at radius 2 is 2.11 bits per heavy atom. The largest absolute Gasteiger partial charge is 0.466 e. The first kappa shape index (κ1) is 17.4. The second-order valence-corrected chi connectivity index (χ2v) is 6.62. The van der Waals surface area contributed by atoms with Crippen LogP contribution in [0.15, 0.2) is 36.5 Å². The van der Waals surface area contributed by atoms with Crippen molar-refractivity contribution in [2.24, 2.45) is 5.92 Å². The van der Waals surface area contributed by atoms with Gasteiger partial charge in [0.25, 0.3) is 0 Å². The van der Waals surface area contributed by atoms with E-state index >= 15 is 0 Å². The van der Waals surface area contributed by atoms with Crippen LogP contribution in [0.25, 0.3) is 16.9 Å². The molecule has 1 saturated carbocycles. The molecule has 0 amide bonds. The summed E-state index contributed by atoms with van der Waals surface area (Å²) in [6.07, 6.45) is 5.50. The minimum atomic E-state index is -0.168. The third-order valence-electron chi connectivity index (χ3n) is 4.88. The van der Waals surface area contributed by atoms with Crippen LogP contribution in [0.1, 0.15) is 32.6 Å². The smallest absolute Gasteiger partial charge is 0.311 e. The van der Waals surface area contributed by atoms with Crippen molar-refractivity contribution in [2.45, 2.75) is 38.6 Å². The van der Waals surface area contributed by atoms with Gasteiger partial charge in [0.15, 0.2) is 5.82 Å². The van der Waals surface area contributed by atoms with Gasteiger partial charge in [0, 0.05) is 18.3 Å². The Morgan fingerprint density at radius 1 is 1.26 bits per heavy atom. The summed E-state index contributed by atoms with van der Waals surface area (Å²) in [6.45, 7) is 2.23. The molecule has 2 aromatic heterocycles. The van der Waals surface area contributed by atoms with Crippen LogP contribution in [0.3, 0.4) is 0 Å². The summed E-state index contributed by atoms with van der Waals surface area (Å²) in [5, 5.41) is 11.7. The van der Waals surface area contributed by atoms with E-state index in [2.05, 4.69) is 25.6 Å². The van der Waals surface area contributed by atoms with Gasteiger partial charge in [0.05, 0.1) is 18.0 Å². The van der Waals surface area contributed by atoms with Crippen molar-refractivity contribution in [3.8, 4) is 5.82 Å². The average molecular weight is 366 g/mol. The minimum absolute atomic E-state index is 0.0273. The predicted molar refractivity (Wildman–Crippen MR) is 100 cm³/mol. The molecule has 0 radical (unpaired) electrons. The number of nitrogens with one attached hydrogen (secondary N) is 1. The maximum atomic E-state index is 12.3. The van der Waals surface area contributed by atoms with E-state index in [1.165, 1.54) is 0 Å². The van der Waals surface area contributed by atoms with Gasteiger partial charge in [0.2, 0.25) is 5.95 Å². The fourth-order valence-electron chi connectivity index (χ4n) is 3.58. The molecule has 8 heteroatoms. The topological polar surface area (TPSA) is 94.8 Å². The third kappa shape index (κ3) is 3.60. The van der Waals surface area contributed by atoms with Crippen LogP contribution in [0.2, 0.25) is 0 Å². The van der Waals surface area contributed by atoms with Crippen LogP contribution in [-0.4, -0.2) is 43.6 Å². The van der Waals surface area contributed by atoms with Crippen molar-refractivity contribution in [2.75, 3.05) is 11.9 Å². The van der Waals surface area contributed by atoms with E-state index in [1.54, 1.807) is 16.9 Å². The molecule has 2 heterocycles. The molecule has 140 valence electrons. The molecule has 1 N–H and O–H groups in total. The number of carbonyl (C=O) groups excluding carboxylic acids is 1. The summed E-state index contributed by atoms with van der Waals surface area (Å²) in [6, 6.07) is 9.48. The molecule has 0 unspecified atom stereocenters. The van der Waals surface area contributed by atoms with Gasteiger partial charge in [-0.3, -0.25) is 4.79 Å². The fraction of sp³-hybridized carbons (Fsp3) is 0.421. The zero-order valence-electron chi connectivity index (χ0n) is 15.2. The Kier molecular flexibility index (Phi) is 4.95. The predicted octanol–water partition coefficient (Wildman–Crippen LogP) is 2.74. The zero-order valence-corrected chi connectivity index (χ0v) is 15.2. The van der Waals surface area contributed by atoms with Crippen LogP contribution in [0.5, 0.6) is 0 Å². The first-order chi connectivity index (χ1) is 13.3. The second-order valence-electron chi connectivity index (χ2n) is 6.62. The highest BCUT2D eigenvalue weighted by molar-refractivity contribution is 5.75. The molecule has 8 nitrogen and oxygen atoms in total. The molecule has 27 heavy (non-hydrogen) atoms. The number of para-hydroxylation sites is 1. The van der Waals surface area contributed by atoms with E-state index in [0.29, 0.717) is 18.4 Å². The molecule has 1 fully saturated rings. The number of esters is 1. The average Bonchev–Trinajstić information content (AvgIpc) is 3.13. The van der Waals surface area contributed by atoms with Crippen LogP contribution >= 0.6 is 0 Å². The molecule has 1 aliphatic carbocycles. The fourth-order valence-corrected chi connectivity index (χ4v) is 3.58. The van der Waals surface area contributed by atoms with Crippen LogP contribution < -0.4 is 5.32 Å². The van der Waals surface area contributed by atoms with Gasteiger partial charge >= 0.3 is 5.97 Å². The summed E-state index contributed by atoms with van der Waals surface area (Å²) in [5.74, 6) is 0.796. The number of carbonyl (C=O) groups is 1. The number of ether oxygens (including phenoxy) is 1. The van der Waals surface area contributed by atoms with E-state index in [1.807, 2.05) is 31.2 Å². The highest BCUT2D eigenvalue weighted by atomic mass is 16.5. The number of hydrogen-bond acceptors (Lipinski definition) is 7. The number of hydrogen-bond donors (Lipinski definition) is 1. The van der Waals surface area contributed by atoms with Crippen molar-refractivity contribution in [1.29, 1.82) is 0 Å². The Labute approximate surface area is 157 Å². The molecule has 0 aliphatic heterocycles. The van der Waals surface area contributed by atoms with Crippen molar-refractivity contribution >= 4 is 23.0 Å². The van der Waals surface area contributed by atoms with Gasteiger partial charge < -0.3 is 10.1 Å². The van der Waals surface area contributed by atoms with Crippen LogP contribution in [0, 0.1) is 5.92 Å². The summed E-state index contributed by atoms with van der Waals surface area (Å²) >= 11 is 0. The van der Waals surface area contributed by atoms with E-state index in [0.717, 1.165) is 36.7 Å². The first-order valence-electron chi connectivity index (χ1n) is 9.33. The first-order valence-corrected chi connectivity index (χ1v) is 9.33. The normalized spacial score (nSPS) is 19.7. The van der Waals surface area contributed by atoms with Gasteiger partial charge in [0.1, 0.15) is 5.52 Å². The van der Waals surface area contributed by atoms with Gasteiger partial charge in [-0.15, -0.1) is 5.10 Å². The van der Waals surface area contributed by atoms with Gasteiger partial charge in [-0.25, -0.2) is 4.98 Å². The summed E-state index contributed by atoms with van der Waals surface area (Å²) < 4.78 is 6.92. The SMILES string of the molecule is CCOC(=O)[C@@H]1CCCC[C@@H]1Nc1nccc(-n2nnc3ccccc32)n1. The number of anilines is 1. The molecular formula is C19H22N6O2. The monoisotopic (exact) mass is 366 g/mol. The molecule has 1 aliphatic rings. The highest BCUT2D eigenvalue weighted by Gasteiger charge is 2.32. The van der Waals surface area contributed by atoms with Gasteiger partial charge in [-0.05, 0) is 31.9 Å². The highest BCUT2D eigenvalue weighted by Crippen LogP contribution is 2.28. The number of nitrogens with zero attached hydrogens (tertiary/aromatic N) is 5. The van der Waals surface area contributed by atoms with E-state index in [-0.39, 0.29) is 17.9 Å². The van der Waals surface area contributed by atoms with Gasteiger partial charge in [-0.2, -0.15) is 9.67 Å². The maximum absolute atomic E-state index is 12.3. The third-order valence-corrected chi connectivity index (χ3v) is 4.88.